The number of hydrogen-bond acceptors (Lipinski definition) is 4. The van der Waals surface area contributed by atoms with E-state index >= 15 is 0 Å². The molecule has 5 heteroatoms. The molecule has 0 aromatic heterocycles. The van der Waals surface area contributed by atoms with Crippen molar-refractivity contribution in [3.05, 3.63) is 29.8 Å². The first kappa shape index (κ1) is 12.4. The average Bonchev–Trinajstić information content (AvgIpc) is 2.64. The first-order valence-electron chi connectivity index (χ1n) is 5.66. The van der Waals surface area contributed by atoms with Crippen LogP contribution in [0.15, 0.2) is 24.3 Å². The highest BCUT2D eigenvalue weighted by Crippen LogP contribution is 2.24. The van der Waals surface area contributed by atoms with Gasteiger partial charge in [-0.1, -0.05) is 12.1 Å². The molecule has 2 atom stereocenters. The highest BCUT2D eigenvalue weighted by atomic mass is 32.2. The van der Waals surface area contributed by atoms with Gasteiger partial charge in [-0.25, -0.2) is 8.42 Å². The topological polar surface area (TPSA) is 69.4 Å². The van der Waals surface area contributed by atoms with Crippen molar-refractivity contribution in [2.75, 3.05) is 12.3 Å². The second kappa shape index (κ2) is 4.66. The van der Waals surface area contributed by atoms with Crippen LogP contribution in [-0.4, -0.2) is 26.4 Å². The standard InChI is InChI=1S/C12H17NO3S/c1-9-12(5-6-16-9)17(14,15)8-10-3-2-4-11(13)7-10/h2-4,7,9,12H,5-6,8,13H2,1H3. The van der Waals surface area contributed by atoms with E-state index in [-0.39, 0.29) is 17.1 Å². The molecule has 0 saturated carbocycles. The maximum Gasteiger partial charge on any atom is 0.159 e. The molecule has 1 heterocycles. The number of anilines is 1. The summed E-state index contributed by atoms with van der Waals surface area (Å²) in [5.41, 5.74) is 6.97. The van der Waals surface area contributed by atoms with Crippen molar-refractivity contribution in [3.63, 3.8) is 0 Å². The van der Waals surface area contributed by atoms with Crippen LogP contribution in [0, 0.1) is 0 Å². The van der Waals surface area contributed by atoms with Gasteiger partial charge in [0.05, 0.1) is 17.1 Å². The third kappa shape index (κ3) is 2.79. The predicted octanol–water partition coefficient (Wildman–Crippen LogP) is 1.36. The Bertz CT molecular complexity index is 498. The molecule has 0 radical (unpaired) electrons. The van der Waals surface area contributed by atoms with Gasteiger partial charge in [0.2, 0.25) is 0 Å². The van der Waals surface area contributed by atoms with Gasteiger partial charge in [-0.05, 0) is 31.0 Å². The molecular formula is C12H17NO3S. The van der Waals surface area contributed by atoms with Crippen LogP contribution in [0.1, 0.15) is 18.9 Å². The molecule has 0 aliphatic carbocycles. The van der Waals surface area contributed by atoms with Gasteiger partial charge in [-0.15, -0.1) is 0 Å². The van der Waals surface area contributed by atoms with E-state index in [1.165, 1.54) is 0 Å². The van der Waals surface area contributed by atoms with Crippen molar-refractivity contribution < 1.29 is 13.2 Å². The van der Waals surface area contributed by atoms with Gasteiger partial charge in [-0.3, -0.25) is 0 Å². The second-order valence-corrected chi connectivity index (χ2v) is 6.68. The average molecular weight is 255 g/mol. The summed E-state index contributed by atoms with van der Waals surface area (Å²) < 4.78 is 29.7. The number of hydrogen-bond donors (Lipinski definition) is 1. The van der Waals surface area contributed by atoms with Crippen molar-refractivity contribution in [2.45, 2.75) is 30.5 Å². The molecule has 2 unspecified atom stereocenters. The highest BCUT2D eigenvalue weighted by Gasteiger charge is 2.35. The summed E-state index contributed by atoms with van der Waals surface area (Å²) in [7, 11) is -3.16. The first-order chi connectivity index (χ1) is 7.99. The Morgan fingerprint density at radius 3 is 2.82 bits per heavy atom. The number of benzene rings is 1. The zero-order chi connectivity index (χ0) is 12.5. The molecule has 1 aromatic rings. The molecule has 0 amide bonds. The molecule has 4 nitrogen and oxygen atoms in total. The van der Waals surface area contributed by atoms with Crippen molar-refractivity contribution >= 4 is 15.5 Å². The molecule has 1 fully saturated rings. The number of sulfone groups is 1. The Hall–Kier alpha value is -1.07. The normalized spacial score (nSPS) is 25.0. The number of ether oxygens (including phenoxy) is 1. The summed E-state index contributed by atoms with van der Waals surface area (Å²) in [6.45, 7) is 2.34. The number of nitrogen functional groups attached to an aromatic ring is 1. The third-order valence-corrected chi connectivity index (χ3v) is 5.36. The lowest BCUT2D eigenvalue weighted by molar-refractivity contribution is 0.126. The fraction of sp³-hybridized carbons (Fsp3) is 0.500. The Morgan fingerprint density at radius 1 is 1.47 bits per heavy atom. The molecule has 94 valence electrons. The quantitative estimate of drug-likeness (QED) is 0.828. The summed E-state index contributed by atoms with van der Waals surface area (Å²) in [4.78, 5) is 0. The summed E-state index contributed by atoms with van der Waals surface area (Å²) >= 11 is 0. The van der Waals surface area contributed by atoms with Crippen LogP contribution in [-0.2, 0) is 20.3 Å². The van der Waals surface area contributed by atoms with Crippen LogP contribution in [0.5, 0.6) is 0 Å². The predicted molar refractivity (Wildman–Crippen MR) is 67.3 cm³/mol. The maximum absolute atomic E-state index is 12.2. The Labute approximate surface area is 102 Å². The lowest BCUT2D eigenvalue weighted by Gasteiger charge is -2.15. The summed E-state index contributed by atoms with van der Waals surface area (Å²) in [5.74, 6) is 0.0381. The van der Waals surface area contributed by atoms with Crippen LogP contribution < -0.4 is 5.73 Å². The van der Waals surface area contributed by atoms with E-state index < -0.39 is 9.84 Å². The molecule has 17 heavy (non-hydrogen) atoms. The highest BCUT2D eigenvalue weighted by molar-refractivity contribution is 7.91. The molecule has 1 aromatic carbocycles. The van der Waals surface area contributed by atoms with Crippen LogP contribution >= 0.6 is 0 Å². The minimum absolute atomic E-state index is 0.0381. The Morgan fingerprint density at radius 2 is 2.24 bits per heavy atom. The second-order valence-electron chi connectivity index (χ2n) is 4.46. The van der Waals surface area contributed by atoms with Crippen molar-refractivity contribution in [2.24, 2.45) is 0 Å². The van der Waals surface area contributed by atoms with Crippen LogP contribution in [0.3, 0.4) is 0 Å². The molecule has 2 rings (SSSR count). The van der Waals surface area contributed by atoms with Gasteiger partial charge < -0.3 is 10.5 Å². The Kier molecular flexibility index (Phi) is 3.40. The van der Waals surface area contributed by atoms with E-state index in [4.69, 9.17) is 10.5 Å². The zero-order valence-corrected chi connectivity index (χ0v) is 10.6. The van der Waals surface area contributed by atoms with Gasteiger partial charge in [-0.2, -0.15) is 0 Å². The van der Waals surface area contributed by atoms with Gasteiger partial charge in [0.15, 0.2) is 9.84 Å². The van der Waals surface area contributed by atoms with E-state index in [1.807, 2.05) is 6.92 Å². The lowest BCUT2D eigenvalue weighted by atomic mass is 10.2. The minimum atomic E-state index is -3.16. The zero-order valence-electron chi connectivity index (χ0n) is 9.80. The fourth-order valence-corrected chi connectivity index (χ4v) is 4.18. The fourth-order valence-electron chi connectivity index (χ4n) is 2.21. The lowest BCUT2D eigenvalue weighted by Crippen LogP contribution is -2.29. The smallest absolute Gasteiger partial charge is 0.159 e. The molecule has 2 N–H and O–H groups in total. The molecule has 0 spiro atoms. The van der Waals surface area contributed by atoms with Gasteiger partial charge in [0.1, 0.15) is 0 Å². The summed E-state index contributed by atoms with van der Waals surface area (Å²) in [5, 5.41) is -0.385. The van der Waals surface area contributed by atoms with Gasteiger partial charge in [0, 0.05) is 12.3 Å². The SMILES string of the molecule is CC1OCCC1S(=O)(=O)Cc1cccc(N)c1. The van der Waals surface area contributed by atoms with Crippen LogP contribution in [0.25, 0.3) is 0 Å². The summed E-state index contributed by atoms with van der Waals surface area (Å²) in [6.07, 6.45) is 0.382. The van der Waals surface area contributed by atoms with E-state index in [2.05, 4.69) is 0 Å². The summed E-state index contributed by atoms with van der Waals surface area (Å²) in [6, 6.07) is 7.01. The third-order valence-electron chi connectivity index (χ3n) is 3.09. The van der Waals surface area contributed by atoms with E-state index in [0.717, 1.165) is 5.56 Å². The molecule has 1 saturated heterocycles. The molecule has 1 aliphatic heterocycles. The first-order valence-corrected chi connectivity index (χ1v) is 7.38. The molecular weight excluding hydrogens is 238 g/mol. The Balaban J connectivity index is 2.17. The van der Waals surface area contributed by atoms with Crippen molar-refractivity contribution in [1.29, 1.82) is 0 Å². The minimum Gasteiger partial charge on any atom is -0.399 e. The molecule has 0 bridgehead atoms. The van der Waals surface area contributed by atoms with Gasteiger partial charge >= 0.3 is 0 Å². The van der Waals surface area contributed by atoms with Gasteiger partial charge in [0.25, 0.3) is 0 Å². The number of nitrogens with two attached hydrogens (primary N) is 1. The van der Waals surface area contributed by atoms with Crippen molar-refractivity contribution in [1.82, 2.24) is 0 Å². The maximum atomic E-state index is 12.2. The monoisotopic (exact) mass is 255 g/mol. The van der Waals surface area contributed by atoms with Crippen LogP contribution in [0.2, 0.25) is 0 Å². The molecule has 1 aliphatic rings. The van der Waals surface area contributed by atoms with Crippen LogP contribution in [0.4, 0.5) is 5.69 Å². The van der Waals surface area contributed by atoms with E-state index in [9.17, 15) is 8.42 Å². The largest absolute Gasteiger partial charge is 0.399 e. The van der Waals surface area contributed by atoms with E-state index in [0.29, 0.717) is 18.7 Å². The van der Waals surface area contributed by atoms with Crippen molar-refractivity contribution in [3.8, 4) is 0 Å². The van der Waals surface area contributed by atoms with E-state index in [1.54, 1.807) is 24.3 Å². The number of rotatable bonds is 3.